The summed E-state index contributed by atoms with van der Waals surface area (Å²) >= 11 is -2.06. The standard InChI is InChI=1S/C13H9.C9H13.C2H6Si.Hf/c1-3-7-12-10(5-1)9-11-6-2-4-8-13(11)12;1-3-8-5-6-9(4-2)7-8;1-3-2;/h1-5,7-8H,9H2;5-6,8H,3-4H2,1-2H3;1-2H3;. The zero-order chi connectivity index (χ0) is 18.3. The second-order valence-electron chi connectivity index (χ2n) is 7.71. The van der Waals surface area contributed by atoms with Gasteiger partial charge in [0, 0.05) is 0 Å². The molecule has 2 aliphatic rings. The van der Waals surface area contributed by atoms with Gasteiger partial charge in [-0.05, 0) is 0 Å². The van der Waals surface area contributed by atoms with Crippen LogP contribution in [-0.4, -0.2) is 5.49 Å². The molecule has 0 heterocycles. The SMILES string of the molecule is CCC1=[C]([Hf]([c]2cccc3c2Cc2ccccc2-3)=[Si](C)C)C(CC)C=C1. The first kappa shape index (κ1) is 18.4. The molecular weight excluding hydrogens is 495 g/mol. The van der Waals surface area contributed by atoms with E-state index < -0.39 is 20.1 Å². The summed E-state index contributed by atoms with van der Waals surface area (Å²) in [5.41, 5.74) is 7.64. The molecule has 2 aliphatic carbocycles. The van der Waals surface area contributed by atoms with Gasteiger partial charge in [-0.15, -0.1) is 0 Å². The van der Waals surface area contributed by atoms with Crippen LogP contribution in [0.15, 0.2) is 63.5 Å². The van der Waals surface area contributed by atoms with Gasteiger partial charge in [0.2, 0.25) is 0 Å². The van der Waals surface area contributed by atoms with E-state index in [1.807, 2.05) is 6.65 Å². The van der Waals surface area contributed by atoms with Crippen molar-refractivity contribution in [1.82, 2.24) is 0 Å². The van der Waals surface area contributed by atoms with Crippen molar-refractivity contribution in [2.24, 2.45) is 5.92 Å². The topological polar surface area (TPSA) is 0 Å². The Morgan fingerprint density at radius 1 is 1.00 bits per heavy atom. The molecule has 1 unspecified atom stereocenters. The molecule has 0 saturated heterocycles. The van der Waals surface area contributed by atoms with Crippen LogP contribution < -0.4 is 3.32 Å². The Balaban J connectivity index is 1.91. The molecule has 2 aromatic rings. The Morgan fingerprint density at radius 2 is 1.77 bits per heavy atom. The molecule has 0 bridgehead atoms. The van der Waals surface area contributed by atoms with Crippen molar-refractivity contribution in [3.8, 4) is 11.1 Å². The normalized spacial score (nSPS) is 17.5. The summed E-state index contributed by atoms with van der Waals surface area (Å²) in [5.74, 6) is 0.728. The Morgan fingerprint density at radius 3 is 2.50 bits per heavy atom. The Bertz CT molecular complexity index is 958. The van der Waals surface area contributed by atoms with Gasteiger partial charge in [-0.2, -0.15) is 0 Å². The van der Waals surface area contributed by atoms with Crippen LogP contribution in [0.2, 0.25) is 13.1 Å². The zero-order valence-electron chi connectivity index (χ0n) is 16.4. The fourth-order valence-corrected chi connectivity index (χ4v) is 30.5. The predicted molar refractivity (Wildman–Crippen MR) is 112 cm³/mol. The molecule has 132 valence electrons. The average molecular weight is 523 g/mol. The molecule has 2 aromatic carbocycles. The number of benzene rings is 2. The van der Waals surface area contributed by atoms with Gasteiger partial charge in [0.1, 0.15) is 0 Å². The quantitative estimate of drug-likeness (QED) is 0.368. The van der Waals surface area contributed by atoms with Crippen molar-refractivity contribution >= 4 is 8.81 Å². The maximum absolute atomic E-state index is 2.60. The molecule has 1 atom stereocenters. The molecule has 0 nitrogen and oxygen atoms in total. The molecule has 2 heteroatoms. The van der Waals surface area contributed by atoms with Crippen LogP contribution in [0, 0.1) is 5.92 Å². The van der Waals surface area contributed by atoms with Gasteiger partial charge in [-0.25, -0.2) is 0 Å². The minimum absolute atomic E-state index is 0.285. The van der Waals surface area contributed by atoms with E-state index in [1.165, 1.54) is 29.5 Å². The van der Waals surface area contributed by atoms with Crippen LogP contribution in [0.5, 0.6) is 0 Å². The van der Waals surface area contributed by atoms with E-state index in [-0.39, 0.29) is 5.49 Å². The Hall–Kier alpha value is -0.993. The molecule has 0 saturated carbocycles. The van der Waals surface area contributed by atoms with Crippen LogP contribution in [0.3, 0.4) is 0 Å². The first-order valence-corrected chi connectivity index (χ1v) is 21.4. The van der Waals surface area contributed by atoms with Gasteiger partial charge in [-0.3, -0.25) is 0 Å². The molecule has 4 rings (SSSR count). The molecule has 26 heavy (non-hydrogen) atoms. The Kier molecular flexibility index (Phi) is 5.34. The van der Waals surface area contributed by atoms with E-state index in [9.17, 15) is 0 Å². The molecule has 0 radical (unpaired) electrons. The summed E-state index contributed by atoms with van der Waals surface area (Å²) in [7, 11) is 0. The number of hydrogen-bond donors (Lipinski definition) is 0. The summed E-state index contributed by atoms with van der Waals surface area (Å²) < 4.78 is 3.77. The molecule has 0 spiro atoms. The van der Waals surface area contributed by atoms with E-state index in [0.717, 1.165) is 12.3 Å². The Labute approximate surface area is 166 Å². The van der Waals surface area contributed by atoms with E-state index in [4.69, 9.17) is 0 Å². The van der Waals surface area contributed by atoms with Crippen LogP contribution in [0.1, 0.15) is 37.8 Å². The van der Waals surface area contributed by atoms with Crippen molar-refractivity contribution in [3.63, 3.8) is 0 Å². The third-order valence-electron chi connectivity index (χ3n) is 5.96. The molecule has 0 amide bonds. The second kappa shape index (κ2) is 7.56. The van der Waals surface area contributed by atoms with Crippen molar-refractivity contribution in [3.05, 3.63) is 74.6 Å². The summed E-state index contributed by atoms with van der Waals surface area (Å²) in [4.78, 5) is 0. The maximum atomic E-state index is 2.60. The summed E-state index contributed by atoms with van der Waals surface area (Å²) in [6.45, 7) is 9.92. The van der Waals surface area contributed by atoms with Crippen LogP contribution in [0.25, 0.3) is 11.1 Å². The van der Waals surface area contributed by atoms with Crippen molar-refractivity contribution in [2.75, 3.05) is 0 Å². The fraction of sp³-hybridized carbons (Fsp3) is 0.333. The predicted octanol–water partition coefficient (Wildman–Crippen LogP) is 6.01. The third-order valence-corrected chi connectivity index (χ3v) is 30.2. The zero-order valence-corrected chi connectivity index (χ0v) is 21.0. The van der Waals surface area contributed by atoms with Crippen LogP contribution in [0.4, 0.5) is 0 Å². The average Bonchev–Trinajstić information content (AvgIpc) is 3.23. The summed E-state index contributed by atoms with van der Waals surface area (Å²) in [6, 6.07) is 16.3. The van der Waals surface area contributed by atoms with Crippen molar-refractivity contribution in [1.29, 1.82) is 0 Å². The van der Waals surface area contributed by atoms with Crippen LogP contribution >= 0.6 is 0 Å². The third kappa shape index (κ3) is 2.99. The van der Waals surface area contributed by atoms with E-state index >= 15 is 0 Å². The monoisotopic (exact) mass is 524 g/mol. The van der Waals surface area contributed by atoms with E-state index in [2.05, 4.69) is 81.6 Å². The minimum atomic E-state index is -2.06. The van der Waals surface area contributed by atoms with Gasteiger partial charge in [0.15, 0.2) is 0 Å². The van der Waals surface area contributed by atoms with Gasteiger partial charge >= 0.3 is 167 Å². The molecular formula is C24H28HfSi. The fourth-order valence-electron chi connectivity index (χ4n) is 4.73. The molecule has 0 aromatic heterocycles. The molecule has 0 fully saturated rings. The number of rotatable bonds is 4. The second-order valence-corrected chi connectivity index (χ2v) is 31.1. The van der Waals surface area contributed by atoms with E-state index in [1.54, 1.807) is 11.1 Å². The summed E-state index contributed by atoms with van der Waals surface area (Å²) in [5, 5.41) is 0. The van der Waals surface area contributed by atoms with Gasteiger partial charge in [0.25, 0.3) is 0 Å². The number of allylic oxidation sites excluding steroid dienone is 4. The van der Waals surface area contributed by atoms with Gasteiger partial charge in [0.05, 0.1) is 0 Å². The number of fused-ring (bicyclic) bond motifs is 3. The van der Waals surface area contributed by atoms with E-state index in [0.29, 0.717) is 0 Å². The van der Waals surface area contributed by atoms with Crippen molar-refractivity contribution < 1.29 is 20.1 Å². The first-order chi connectivity index (χ1) is 12.7. The molecule has 0 N–H and O–H groups in total. The van der Waals surface area contributed by atoms with Gasteiger partial charge in [-0.1, -0.05) is 0 Å². The first-order valence-electron chi connectivity index (χ1n) is 9.95. The number of hydrogen-bond acceptors (Lipinski definition) is 0. The van der Waals surface area contributed by atoms with Crippen molar-refractivity contribution in [2.45, 2.75) is 46.2 Å². The van der Waals surface area contributed by atoms with Gasteiger partial charge < -0.3 is 0 Å². The van der Waals surface area contributed by atoms with Crippen LogP contribution in [-0.2, 0) is 26.5 Å². The summed E-state index contributed by atoms with van der Waals surface area (Å²) in [6.07, 6.45) is 8.62. The molecule has 0 aliphatic heterocycles.